The monoisotopic (exact) mass is 389 g/mol. The second-order valence-electron chi connectivity index (χ2n) is 8.73. The SMILES string of the molecule is COc1ccccc1C1=NCC(C2CCC(CS(=O)(=O)C(C)(C)C)CC2)=C1. The highest BCUT2D eigenvalue weighted by Gasteiger charge is 2.34. The Morgan fingerprint density at radius 3 is 2.41 bits per heavy atom. The molecule has 1 aromatic carbocycles. The zero-order chi connectivity index (χ0) is 19.7. The van der Waals surface area contributed by atoms with Gasteiger partial charge in [-0.05, 0) is 82.1 Å². The van der Waals surface area contributed by atoms with Crippen molar-refractivity contribution in [2.24, 2.45) is 16.8 Å². The first-order chi connectivity index (χ1) is 12.7. The second-order valence-corrected chi connectivity index (χ2v) is 11.5. The van der Waals surface area contributed by atoms with Gasteiger partial charge in [-0.25, -0.2) is 8.42 Å². The highest BCUT2D eigenvalue weighted by atomic mass is 32.2. The van der Waals surface area contributed by atoms with Crippen LogP contribution in [0.2, 0.25) is 0 Å². The first-order valence-corrected chi connectivity index (χ1v) is 11.5. The first kappa shape index (κ1) is 20.1. The topological polar surface area (TPSA) is 55.7 Å². The van der Waals surface area contributed by atoms with Crippen molar-refractivity contribution in [3.8, 4) is 5.75 Å². The van der Waals surface area contributed by atoms with Gasteiger partial charge in [0.15, 0.2) is 9.84 Å². The summed E-state index contributed by atoms with van der Waals surface area (Å²) in [6, 6.07) is 7.98. The molecule has 0 aromatic heterocycles. The molecule has 1 saturated carbocycles. The Morgan fingerprint density at radius 1 is 1.11 bits per heavy atom. The van der Waals surface area contributed by atoms with Crippen LogP contribution in [0.3, 0.4) is 0 Å². The molecule has 1 heterocycles. The number of methoxy groups -OCH3 is 1. The van der Waals surface area contributed by atoms with Gasteiger partial charge in [0, 0.05) is 5.56 Å². The molecule has 2 aliphatic rings. The van der Waals surface area contributed by atoms with Crippen LogP contribution < -0.4 is 4.74 Å². The van der Waals surface area contributed by atoms with Gasteiger partial charge in [-0.15, -0.1) is 0 Å². The molecule has 0 N–H and O–H groups in total. The molecule has 5 heteroatoms. The van der Waals surface area contributed by atoms with Crippen molar-refractivity contribution in [3.63, 3.8) is 0 Å². The molecule has 1 aromatic rings. The van der Waals surface area contributed by atoms with Gasteiger partial charge < -0.3 is 4.74 Å². The van der Waals surface area contributed by atoms with Crippen LogP contribution in [0.4, 0.5) is 0 Å². The summed E-state index contributed by atoms with van der Waals surface area (Å²) >= 11 is 0. The number of para-hydroxylation sites is 1. The lowest BCUT2D eigenvalue weighted by atomic mass is 9.79. The van der Waals surface area contributed by atoms with E-state index < -0.39 is 14.6 Å². The Morgan fingerprint density at radius 2 is 1.78 bits per heavy atom. The van der Waals surface area contributed by atoms with Gasteiger partial charge in [-0.2, -0.15) is 0 Å². The molecule has 148 valence electrons. The number of allylic oxidation sites excluding steroid dienone is 1. The number of hydrogen-bond donors (Lipinski definition) is 0. The smallest absolute Gasteiger partial charge is 0.155 e. The van der Waals surface area contributed by atoms with Crippen LogP contribution in [0.5, 0.6) is 5.75 Å². The van der Waals surface area contributed by atoms with E-state index in [9.17, 15) is 8.42 Å². The van der Waals surface area contributed by atoms with Gasteiger partial charge in [0.05, 0.1) is 29.9 Å². The third-order valence-corrected chi connectivity index (χ3v) is 8.67. The summed E-state index contributed by atoms with van der Waals surface area (Å²) in [4.78, 5) is 4.73. The van der Waals surface area contributed by atoms with Crippen LogP contribution in [-0.4, -0.2) is 38.3 Å². The van der Waals surface area contributed by atoms with Gasteiger partial charge in [-0.1, -0.05) is 12.1 Å². The van der Waals surface area contributed by atoms with E-state index in [0.717, 1.165) is 49.3 Å². The molecule has 4 nitrogen and oxygen atoms in total. The summed E-state index contributed by atoms with van der Waals surface area (Å²) in [7, 11) is -1.35. The van der Waals surface area contributed by atoms with Crippen LogP contribution in [0.1, 0.15) is 52.0 Å². The molecule has 1 aliphatic carbocycles. The predicted octanol–water partition coefficient (Wildman–Crippen LogP) is 4.44. The predicted molar refractivity (Wildman–Crippen MR) is 111 cm³/mol. The number of benzene rings is 1. The minimum absolute atomic E-state index is 0.294. The van der Waals surface area contributed by atoms with E-state index in [4.69, 9.17) is 9.73 Å². The Bertz CT molecular complexity index is 839. The molecule has 1 aliphatic heterocycles. The van der Waals surface area contributed by atoms with Crippen molar-refractivity contribution in [1.82, 2.24) is 0 Å². The molecule has 1 fully saturated rings. The molecule has 0 atom stereocenters. The summed E-state index contributed by atoms with van der Waals surface area (Å²) in [5.41, 5.74) is 3.42. The maximum Gasteiger partial charge on any atom is 0.155 e. The van der Waals surface area contributed by atoms with Crippen LogP contribution in [0.25, 0.3) is 0 Å². The average Bonchev–Trinajstić information content (AvgIpc) is 3.11. The van der Waals surface area contributed by atoms with E-state index in [-0.39, 0.29) is 0 Å². The Balaban J connectivity index is 1.61. The van der Waals surface area contributed by atoms with Gasteiger partial charge in [0.2, 0.25) is 0 Å². The van der Waals surface area contributed by atoms with Crippen LogP contribution >= 0.6 is 0 Å². The minimum Gasteiger partial charge on any atom is -0.496 e. The summed E-state index contributed by atoms with van der Waals surface area (Å²) in [5.74, 6) is 1.99. The largest absolute Gasteiger partial charge is 0.496 e. The summed E-state index contributed by atoms with van der Waals surface area (Å²) < 4.78 is 29.8. The number of sulfone groups is 1. The zero-order valence-corrected chi connectivity index (χ0v) is 17.7. The molecule has 0 unspecified atom stereocenters. The number of aliphatic imine (C=N–C) groups is 1. The summed E-state index contributed by atoms with van der Waals surface area (Å²) in [6.45, 7) is 6.15. The van der Waals surface area contributed by atoms with E-state index in [1.807, 2.05) is 24.3 Å². The molecule has 0 bridgehead atoms. The fourth-order valence-electron chi connectivity index (χ4n) is 3.97. The van der Waals surface area contributed by atoms with E-state index in [1.165, 1.54) is 5.57 Å². The number of rotatable bonds is 5. The number of ether oxygens (including phenoxy) is 1. The molecule has 0 amide bonds. The van der Waals surface area contributed by atoms with Crippen LogP contribution in [-0.2, 0) is 9.84 Å². The molecular formula is C22H31NO3S. The minimum atomic E-state index is -3.04. The fourth-order valence-corrected chi connectivity index (χ4v) is 5.42. The molecule has 27 heavy (non-hydrogen) atoms. The molecular weight excluding hydrogens is 358 g/mol. The van der Waals surface area contributed by atoms with E-state index in [1.54, 1.807) is 27.9 Å². The Kier molecular flexibility index (Phi) is 5.80. The quantitative estimate of drug-likeness (QED) is 0.748. The van der Waals surface area contributed by atoms with E-state index in [2.05, 4.69) is 6.08 Å². The van der Waals surface area contributed by atoms with Gasteiger partial charge in [0.25, 0.3) is 0 Å². The summed E-state index contributed by atoms with van der Waals surface area (Å²) in [6.07, 6.45) is 6.31. The molecule has 0 radical (unpaired) electrons. The van der Waals surface area contributed by atoms with Crippen molar-refractivity contribution >= 4 is 15.5 Å². The molecule has 3 rings (SSSR count). The normalized spacial score (nSPS) is 23.7. The maximum atomic E-state index is 12.5. The van der Waals surface area contributed by atoms with Crippen LogP contribution in [0, 0.1) is 11.8 Å². The number of nitrogens with zero attached hydrogens (tertiary/aromatic N) is 1. The lowest BCUT2D eigenvalue weighted by Crippen LogP contribution is -2.34. The molecule has 0 spiro atoms. The lowest BCUT2D eigenvalue weighted by molar-refractivity contribution is 0.319. The highest BCUT2D eigenvalue weighted by Crippen LogP contribution is 2.37. The Labute approximate surface area is 163 Å². The number of hydrogen-bond acceptors (Lipinski definition) is 4. The second kappa shape index (κ2) is 7.78. The van der Waals surface area contributed by atoms with Gasteiger partial charge >= 0.3 is 0 Å². The lowest BCUT2D eigenvalue weighted by Gasteiger charge is -2.31. The zero-order valence-electron chi connectivity index (χ0n) is 16.9. The fraction of sp³-hybridized carbons (Fsp3) is 0.591. The highest BCUT2D eigenvalue weighted by molar-refractivity contribution is 7.92. The van der Waals surface area contributed by atoms with Crippen molar-refractivity contribution in [2.45, 2.75) is 51.2 Å². The van der Waals surface area contributed by atoms with Gasteiger partial charge in [0.1, 0.15) is 5.75 Å². The van der Waals surface area contributed by atoms with Crippen molar-refractivity contribution < 1.29 is 13.2 Å². The average molecular weight is 390 g/mol. The molecule has 0 saturated heterocycles. The Hall–Kier alpha value is -1.62. The standard InChI is InChI=1S/C22H31NO3S/c1-22(2,3)27(24,25)15-16-9-11-17(12-10-16)18-13-20(23-14-18)19-7-5-6-8-21(19)26-4/h5-8,13,16-17H,9-12,14-15H2,1-4H3. The van der Waals surface area contributed by atoms with Crippen molar-refractivity contribution in [1.29, 1.82) is 0 Å². The third-order valence-electron chi connectivity index (χ3n) is 5.90. The van der Waals surface area contributed by atoms with E-state index >= 15 is 0 Å². The van der Waals surface area contributed by atoms with Gasteiger partial charge in [-0.3, -0.25) is 4.99 Å². The van der Waals surface area contributed by atoms with E-state index in [0.29, 0.717) is 17.6 Å². The maximum absolute atomic E-state index is 12.5. The third kappa shape index (κ3) is 4.45. The summed E-state index contributed by atoms with van der Waals surface area (Å²) in [5, 5.41) is 0. The van der Waals surface area contributed by atoms with Crippen molar-refractivity contribution in [2.75, 3.05) is 19.4 Å². The first-order valence-electron chi connectivity index (χ1n) is 9.82. The van der Waals surface area contributed by atoms with Crippen molar-refractivity contribution in [3.05, 3.63) is 41.5 Å². The van der Waals surface area contributed by atoms with Crippen LogP contribution in [0.15, 0.2) is 40.9 Å².